The molecule has 4 aromatic rings. The van der Waals surface area contributed by atoms with Gasteiger partial charge in [-0.05, 0) is 44.0 Å². The van der Waals surface area contributed by atoms with E-state index >= 15 is 0 Å². The first-order valence-corrected chi connectivity index (χ1v) is 10.1. The highest BCUT2D eigenvalue weighted by atomic mass is 19.3. The fraction of sp³-hybridized carbons (Fsp3) is 0.318. The number of rotatable bonds is 5. The number of anilines is 1. The quantitative estimate of drug-likeness (QED) is 0.533. The van der Waals surface area contributed by atoms with Gasteiger partial charge in [-0.15, -0.1) is 0 Å². The van der Waals surface area contributed by atoms with Crippen LogP contribution in [0.3, 0.4) is 0 Å². The van der Waals surface area contributed by atoms with Crippen molar-refractivity contribution in [3.63, 3.8) is 0 Å². The average Bonchev–Trinajstić information content (AvgIpc) is 3.41. The van der Waals surface area contributed by atoms with Gasteiger partial charge in [0.1, 0.15) is 5.54 Å². The first kappa shape index (κ1) is 19.5. The van der Waals surface area contributed by atoms with Crippen molar-refractivity contribution in [3.8, 4) is 0 Å². The molecule has 1 unspecified atom stereocenters. The van der Waals surface area contributed by atoms with E-state index < -0.39 is 23.1 Å². The van der Waals surface area contributed by atoms with E-state index in [1.54, 1.807) is 0 Å². The Morgan fingerprint density at radius 3 is 2.58 bits per heavy atom. The van der Waals surface area contributed by atoms with Crippen molar-refractivity contribution in [2.75, 3.05) is 5.32 Å². The summed E-state index contributed by atoms with van der Waals surface area (Å²) >= 11 is 0. The van der Waals surface area contributed by atoms with Gasteiger partial charge in [0.2, 0.25) is 0 Å². The molecule has 1 saturated carbocycles. The van der Waals surface area contributed by atoms with Crippen LogP contribution in [0.5, 0.6) is 0 Å². The van der Waals surface area contributed by atoms with E-state index in [-0.39, 0.29) is 24.3 Å². The second kappa shape index (κ2) is 6.76. The molecule has 0 radical (unpaired) electrons. The van der Waals surface area contributed by atoms with E-state index in [0.29, 0.717) is 11.2 Å². The number of halogens is 2. The predicted molar refractivity (Wildman–Crippen MR) is 114 cm³/mol. The standard InChI is InChI=1S/C22H21F2N5O2/c1-13(17-7-3-5-14-6-4-10-28(14)17)25-19-16-12-29(22(8-9-22)21(23)24)18(30)11-15(16)20(31)27(2)26-19/h3-7,10-13,21H,8-9H2,1-2H3,(H,25,26). The van der Waals surface area contributed by atoms with Crippen LogP contribution in [0.15, 0.2) is 58.4 Å². The summed E-state index contributed by atoms with van der Waals surface area (Å²) in [6.45, 7) is 1.95. The molecule has 1 atom stereocenters. The lowest BCUT2D eigenvalue weighted by atomic mass is 10.1. The Morgan fingerprint density at radius 2 is 1.87 bits per heavy atom. The van der Waals surface area contributed by atoms with Gasteiger partial charge in [-0.2, -0.15) is 5.10 Å². The molecule has 4 aromatic heterocycles. The first-order chi connectivity index (χ1) is 14.8. The average molecular weight is 425 g/mol. The maximum absolute atomic E-state index is 13.7. The van der Waals surface area contributed by atoms with Gasteiger partial charge < -0.3 is 14.3 Å². The van der Waals surface area contributed by atoms with Gasteiger partial charge in [0.25, 0.3) is 17.5 Å². The molecule has 0 aliphatic heterocycles. The number of alkyl halides is 2. The van der Waals surface area contributed by atoms with E-state index in [1.807, 2.05) is 47.9 Å². The minimum Gasteiger partial charge on any atom is -0.360 e. The second-order valence-electron chi connectivity index (χ2n) is 8.11. The maximum Gasteiger partial charge on any atom is 0.274 e. The number of aryl methyl sites for hydroxylation is 1. The Kier molecular flexibility index (Phi) is 4.25. The van der Waals surface area contributed by atoms with Gasteiger partial charge >= 0.3 is 0 Å². The van der Waals surface area contributed by atoms with Gasteiger partial charge in [-0.25, -0.2) is 13.5 Å². The molecule has 0 spiro atoms. The zero-order valence-electron chi connectivity index (χ0n) is 17.0. The molecule has 7 nitrogen and oxygen atoms in total. The smallest absolute Gasteiger partial charge is 0.274 e. The Labute approximate surface area is 175 Å². The molecule has 0 aromatic carbocycles. The molecule has 160 valence electrons. The van der Waals surface area contributed by atoms with Crippen molar-refractivity contribution in [2.24, 2.45) is 7.05 Å². The SMILES string of the molecule is CC(Nc1nn(C)c(=O)c2cc(=O)n(C3(C(F)F)CC3)cc12)c1cccc2cccn12. The van der Waals surface area contributed by atoms with Gasteiger partial charge in [0, 0.05) is 42.1 Å². The fourth-order valence-corrected chi connectivity index (χ4v) is 4.19. The lowest BCUT2D eigenvalue weighted by molar-refractivity contribution is 0.0654. The van der Waals surface area contributed by atoms with E-state index in [2.05, 4.69) is 10.4 Å². The molecular formula is C22H21F2N5O2. The summed E-state index contributed by atoms with van der Waals surface area (Å²) in [6, 6.07) is 10.8. The summed E-state index contributed by atoms with van der Waals surface area (Å²) in [6.07, 6.45) is 1.10. The number of hydrogen-bond donors (Lipinski definition) is 1. The third-order valence-electron chi connectivity index (χ3n) is 6.12. The van der Waals surface area contributed by atoms with Crippen molar-refractivity contribution in [1.29, 1.82) is 0 Å². The minimum absolute atomic E-state index is 0.151. The topological polar surface area (TPSA) is 73.3 Å². The van der Waals surface area contributed by atoms with Crippen LogP contribution < -0.4 is 16.4 Å². The molecule has 1 N–H and O–H groups in total. The van der Waals surface area contributed by atoms with Gasteiger partial charge in [-0.1, -0.05) is 6.07 Å². The highest BCUT2D eigenvalue weighted by Crippen LogP contribution is 2.48. The number of aromatic nitrogens is 4. The van der Waals surface area contributed by atoms with E-state index in [1.165, 1.54) is 13.2 Å². The van der Waals surface area contributed by atoms with Crippen LogP contribution >= 0.6 is 0 Å². The van der Waals surface area contributed by atoms with Gasteiger partial charge in [0.05, 0.1) is 11.4 Å². The van der Waals surface area contributed by atoms with Crippen molar-refractivity contribution in [3.05, 3.63) is 75.2 Å². The lowest BCUT2D eigenvalue weighted by Gasteiger charge is -2.21. The summed E-state index contributed by atoms with van der Waals surface area (Å²) < 4.78 is 31.6. The molecule has 1 aliphatic rings. The molecule has 9 heteroatoms. The summed E-state index contributed by atoms with van der Waals surface area (Å²) in [5.74, 6) is 0.354. The van der Waals surface area contributed by atoms with Crippen LogP contribution in [0.25, 0.3) is 16.3 Å². The van der Waals surface area contributed by atoms with Crippen molar-refractivity contribution >= 4 is 22.1 Å². The van der Waals surface area contributed by atoms with Gasteiger partial charge in [-0.3, -0.25) is 9.59 Å². The van der Waals surface area contributed by atoms with Crippen molar-refractivity contribution < 1.29 is 8.78 Å². The van der Waals surface area contributed by atoms with E-state index in [9.17, 15) is 18.4 Å². The van der Waals surface area contributed by atoms with Crippen molar-refractivity contribution in [2.45, 2.75) is 37.8 Å². The number of hydrogen-bond acceptors (Lipinski definition) is 4. The van der Waals surface area contributed by atoms with Gasteiger partial charge in [0.15, 0.2) is 5.82 Å². The number of fused-ring (bicyclic) bond motifs is 2. The summed E-state index contributed by atoms with van der Waals surface area (Å²) in [7, 11) is 1.50. The maximum atomic E-state index is 13.7. The molecule has 1 fully saturated rings. The molecule has 0 saturated heterocycles. The number of nitrogens with one attached hydrogen (secondary N) is 1. The van der Waals surface area contributed by atoms with E-state index in [4.69, 9.17) is 0 Å². The molecule has 1 aliphatic carbocycles. The molecule has 0 bridgehead atoms. The zero-order chi connectivity index (χ0) is 21.9. The fourth-order valence-electron chi connectivity index (χ4n) is 4.19. The zero-order valence-corrected chi connectivity index (χ0v) is 17.0. The second-order valence-corrected chi connectivity index (χ2v) is 8.11. The van der Waals surface area contributed by atoms with E-state index in [0.717, 1.165) is 26.5 Å². The molecule has 31 heavy (non-hydrogen) atoms. The third-order valence-corrected chi connectivity index (χ3v) is 6.12. The molecule has 0 amide bonds. The number of nitrogens with zero attached hydrogens (tertiary/aromatic N) is 4. The van der Waals surface area contributed by atoms with Crippen LogP contribution in [-0.4, -0.2) is 25.2 Å². The molecular weight excluding hydrogens is 404 g/mol. The summed E-state index contributed by atoms with van der Waals surface area (Å²) in [4.78, 5) is 25.2. The number of pyridine rings is 2. The molecule has 5 rings (SSSR count). The summed E-state index contributed by atoms with van der Waals surface area (Å²) in [5.41, 5.74) is -0.556. The highest BCUT2D eigenvalue weighted by Gasteiger charge is 2.53. The largest absolute Gasteiger partial charge is 0.360 e. The molecule has 4 heterocycles. The monoisotopic (exact) mass is 425 g/mol. The van der Waals surface area contributed by atoms with Crippen LogP contribution in [0.4, 0.5) is 14.6 Å². The predicted octanol–water partition coefficient (Wildman–Crippen LogP) is 3.28. The Bertz CT molecular complexity index is 1430. The normalized spacial score (nSPS) is 16.2. The summed E-state index contributed by atoms with van der Waals surface area (Å²) in [5, 5.41) is 8.14. The van der Waals surface area contributed by atoms with Crippen LogP contribution in [-0.2, 0) is 12.6 Å². The third kappa shape index (κ3) is 2.95. The van der Waals surface area contributed by atoms with Crippen LogP contribution in [0, 0.1) is 0 Å². The Morgan fingerprint density at radius 1 is 1.13 bits per heavy atom. The highest BCUT2D eigenvalue weighted by molar-refractivity contribution is 5.90. The lowest BCUT2D eigenvalue weighted by Crippen LogP contribution is -2.36. The Balaban J connectivity index is 1.66. The first-order valence-electron chi connectivity index (χ1n) is 10.1. The van der Waals surface area contributed by atoms with Crippen LogP contribution in [0.1, 0.15) is 31.5 Å². The van der Waals surface area contributed by atoms with Crippen molar-refractivity contribution in [1.82, 2.24) is 18.7 Å². The van der Waals surface area contributed by atoms with Crippen LogP contribution in [0.2, 0.25) is 0 Å². The minimum atomic E-state index is -2.66. The Hall–Kier alpha value is -3.49.